The molecule has 3 amide bonds. The van der Waals surface area contributed by atoms with Crippen molar-refractivity contribution >= 4 is 17.7 Å². The first-order valence-electron chi connectivity index (χ1n) is 8.33. The van der Waals surface area contributed by atoms with Crippen LogP contribution in [0.4, 0.5) is 0 Å². The normalized spacial score (nSPS) is 14.5. The lowest BCUT2D eigenvalue weighted by atomic mass is 10.0. The maximum Gasteiger partial charge on any atom is 0.261 e. The van der Waals surface area contributed by atoms with Crippen LogP contribution in [0.15, 0.2) is 41.0 Å². The van der Waals surface area contributed by atoms with E-state index in [0.29, 0.717) is 29.9 Å². The maximum absolute atomic E-state index is 12.6. The first-order valence-corrected chi connectivity index (χ1v) is 8.33. The summed E-state index contributed by atoms with van der Waals surface area (Å²) in [6.45, 7) is 2.49. The molecule has 3 rings (SSSR count). The van der Waals surface area contributed by atoms with Crippen molar-refractivity contribution in [2.75, 3.05) is 13.7 Å². The van der Waals surface area contributed by atoms with Crippen molar-refractivity contribution in [1.29, 1.82) is 0 Å². The summed E-state index contributed by atoms with van der Waals surface area (Å²) in [7, 11) is 1.60. The fourth-order valence-corrected chi connectivity index (χ4v) is 2.81. The molecule has 1 aromatic heterocycles. The van der Waals surface area contributed by atoms with Gasteiger partial charge in [-0.15, -0.1) is 0 Å². The fourth-order valence-electron chi connectivity index (χ4n) is 2.81. The van der Waals surface area contributed by atoms with E-state index in [1.807, 2.05) is 6.92 Å². The smallest absolute Gasteiger partial charge is 0.261 e. The largest absolute Gasteiger partial charge is 0.467 e. The van der Waals surface area contributed by atoms with Gasteiger partial charge in [-0.2, -0.15) is 0 Å². The number of hydrogen-bond acceptors (Lipinski definition) is 5. The second-order valence-electron chi connectivity index (χ2n) is 6.19. The Hall–Kier alpha value is -2.93. The van der Waals surface area contributed by atoms with Crippen LogP contribution in [0.3, 0.4) is 0 Å². The fraction of sp³-hybridized carbons (Fsp3) is 0.316. The van der Waals surface area contributed by atoms with Crippen LogP contribution in [-0.2, 0) is 11.3 Å². The number of nitrogens with one attached hydrogen (secondary N) is 1. The van der Waals surface area contributed by atoms with Crippen LogP contribution < -0.4 is 5.32 Å². The van der Waals surface area contributed by atoms with Gasteiger partial charge in [0.15, 0.2) is 0 Å². The molecule has 0 bridgehead atoms. The zero-order valence-corrected chi connectivity index (χ0v) is 14.7. The molecule has 0 saturated heterocycles. The summed E-state index contributed by atoms with van der Waals surface area (Å²) < 4.78 is 10.2. The molecule has 2 heterocycles. The van der Waals surface area contributed by atoms with Gasteiger partial charge < -0.3 is 14.5 Å². The number of rotatable bonds is 7. The van der Waals surface area contributed by atoms with E-state index in [-0.39, 0.29) is 30.0 Å². The number of furan rings is 1. The van der Waals surface area contributed by atoms with Crippen molar-refractivity contribution in [3.8, 4) is 0 Å². The Morgan fingerprint density at radius 3 is 2.69 bits per heavy atom. The number of fused-ring (bicyclic) bond motifs is 1. The third kappa shape index (κ3) is 3.52. The second-order valence-corrected chi connectivity index (χ2v) is 6.19. The van der Waals surface area contributed by atoms with Gasteiger partial charge in [-0.1, -0.05) is 0 Å². The lowest BCUT2D eigenvalue weighted by molar-refractivity contribution is 0.0631. The molecule has 1 unspecified atom stereocenters. The summed E-state index contributed by atoms with van der Waals surface area (Å²) >= 11 is 0. The lowest BCUT2D eigenvalue weighted by Crippen LogP contribution is -2.33. The van der Waals surface area contributed by atoms with Crippen molar-refractivity contribution in [1.82, 2.24) is 10.2 Å². The number of benzene rings is 1. The van der Waals surface area contributed by atoms with Crippen molar-refractivity contribution in [2.45, 2.75) is 25.9 Å². The highest BCUT2D eigenvalue weighted by Crippen LogP contribution is 2.25. The van der Waals surface area contributed by atoms with Gasteiger partial charge in [0.25, 0.3) is 17.7 Å². The Morgan fingerprint density at radius 2 is 2.00 bits per heavy atom. The minimum atomic E-state index is -0.427. The maximum atomic E-state index is 12.6. The summed E-state index contributed by atoms with van der Waals surface area (Å²) in [6, 6.07) is 7.87. The first-order chi connectivity index (χ1) is 12.5. The number of ether oxygens (including phenoxy) is 1. The standard InChI is InChI=1S/C19H20N2O5/c1-12(7-9-25-2)20-17(22)13-5-6-15-16(10-13)19(24)21(18(15)23)11-14-4-3-8-26-14/h3-6,8,10,12H,7,9,11H2,1-2H3,(H,20,22). The second kappa shape index (κ2) is 7.53. The van der Waals surface area contributed by atoms with Crippen molar-refractivity contribution in [2.24, 2.45) is 0 Å². The number of nitrogens with zero attached hydrogens (tertiary/aromatic N) is 1. The quantitative estimate of drug-likeness (QED) is 0.769. The van der Waals surface area contributed by atoms with E-state index in [0.717, 1.165) is 4.90 Å². The topological polar surface area (TPSA) is 88.8 Å². The highest BCUT2D eigenvalue weighted by molar-refractivity contribution is 6.22. The van der Waals surface area contributed by atoms with E-state index < -0.39 is 5.91 Å². The SMILES string of the molecule is COCCC(C)NC(=O)c1ccc2c(c1)C(=O)N(Cc1ccco1)C2=O. The number of imide groups is 1. The molecule has 2 aromatic rings. The lowest BCUT2D eigenvalue weighted by Gasteiger charge is -2.13. The minimum Gasteiger partial charge on any atom is -0.467 e. The van der Waals surface area contributed by atoms with Crippen molar-refractivity contribution in [3.63, 3.8) is 0 Å². The summed E-state index contributed by atoms with van der Waals surface area (Å²) in [4.78, 5) is 38.5. The van der Waals surface area contributed by atoms with Gasteiger partial charge in [-0.05, 0) is 43.7 Å². The highest BCUT2D eigenvalue weighted by atomic mass is 16.5. The van der Waals surface area contributed by atoms with Gasteiger partial charge in [0.05, 0.1) is 23.9 Å². The molecular formula is C19H20N2O5. The first kappa shape index (κ1) is 17.9. The van der Waals surface area contributed by atoms with E-state index in [1.54, 1.807) is 25.3 Å². The predicted octanol–water partition coefficient (Wildman–Crippen LogP) is 2.23. The Kier molecular flexibility index (Phi) is 5.18. The van der Waals surface area contributed by atoms with Crippen LogP contribution in [0.1, 0.15) is 50.2 Å². The molecule has 7 nitrogen and oxygen atoms in total. The molecule has 0 radical (unpaired) electrons. The molecule has 1 aliphatic heterocycles. The highest BCUT2D eigenvalue weighted by Gasteiger charge is 2.36. The predicted molar refractivity (Wildman–Crippen MR) is 92.8 cm³/mol. The molecule has 136 valence electrons. The monoisotopic (exact) mass is 356 g/mol. The molecule has 0 saturated carbocycles. The zero-order chi connectivity index (χ0) is 18.7. The number of carbonyl (C=O) groups excluding carboxylic acids is 3. The van der Waals surface area contributed by atoms with E-state index in [9.17, 15) is 14.4 Å². The number of carbonyl (C=O) groups is 3. The zero-order valence-electron chi connectivity index (χ0n) is 14.7. The van der Waals surface area contributed by atoms with Crippen LogP contribution in [0.2, 0.25) is 0 Å². The molecule has 1 atom stereocenters. The van der Waals surface area contributed by atoms with E-state index in [2.05, 4.69) is 5.32 Å². The Balaban J connectivity index is 1.75. The third-order valence-electron chi connectivity index (χ3n) is 4.26. The minimum absolute atomic E-state index is 0.0644. The van der Waals surface area contributed by atoms with E-state index in [1.165, 1.54) is 18.4 Å². The van der Waals surface area contributed by atoms with Crippen molar-refractivity contribution in [3.05, 3.63) is 59.0 Å². The van der Waals surface area contributed by atoms with Gasteiger partial charge >= 0.3 is 0 Å². The van der Waals surface area contributed by atoms with Gasteiger partial charge in [-0.3, -0.25) is 19.3 Å². The molecule has 0 spiro atoms. The molecular weight excluding hydrogens is 336 g/mol. The molecule has 1 N–H and O–H groups in total. The van der Waals surface area contributed by atoms with Crippen LogP contribution >= 0.6 is 0 Å². The molecule has 1 aromatic carbocycles. The summed E-state index contributed by atoms with van der Waals surface area (Å²) in [5, 5.41) is 2.85. The Labute approximate surface area is 150 Å². The third-order valence-corrected chi connectivity index (χ3v) is 4.26. The molecule has 0 fully saturated rings. The van der Waals surface area contributed by atoms with Crippen LogP contribution in [0.25, 0.3) is 0 Å². The van der Waals surface area contributed by atoms with Gasteiger partial charge in [0.2, 0.25) is 0 Å². The summed E-state index contributed by atoms with van der Waals surface area (Å²) in [6.07, 6.45) is 2.17. The van der Waals surface area contributed by atoms with Gasteiger partial charge in [0.1, 0.15) is 5.76 Å². The van der Waals surface area contributed by atoms with Crippen LogP contribution in [-0.4, -0.2) is 42.4 Å². The molecule has 7 heteroatoms. The van der Waals surface area contributed by atoms with E-state index in [4.69, 9.17) is 9.15 Å². The van der Waals surface area contributed by atoms with E-state index >= 15 is 0 Å². The number of amides is 3. The van der Waals surface area contributed by atoms with Gasteiger partial charge in [-0.25, -0.2) is 0 Å². The molecule has 0 aliphatic carbocycles. The van der Waals surface area contributed by atoms with Crippen LogP contribution in [0.5, 0.6) is 0 Å². The van der Waals surface area contributed by atoms with Crippen LogP contribution in [0, 0.1) is 0 Å². The molecule has 26 heavy (non-hydrogen) atoms. The Morgan fingerprint density at radius 1 is 1.23 bits per heavy atom. The summed E-state index contributed by atoms with van der Waals surface area (Å²) in [5.41, 5.74) is 0.873. The Bertz CT molecular complexity index is 828. The molecule has 1 aliphatic rings. The van der Waals surface area contributed by atoms with Crippen molar-refractivity contribution < 1.29 is 23.5 Å². The average Bonchev–Trinajstić information content (AvgIpc) is 3.23. The average molecular weight is 356 g/mol. The van der Waals surface area contributed by atoms with Gasteiger partial charge in [0, 0.05) is 25.3 Å². The summed E-state index contributed by atoms with van der Waals surface area (Å²) in [5.74, 6) is -0.587. The number of hydrogen-bond donors (Lipinski definition) is 1. The number of methoxy groups -OCH3 is 1.